The van der Waals surface area contributed by atoms with Gasteiger partial charge in [-0.1, -0.05) is 0 Å². The zero-order valence-corrected chi connectivity index (χ0v) is 15.4. The smallest absolute Gasteiger partial charge is 0.345 e. The Morgan fingerprint density at radius 1 is 1.19 bits per heavy atom. The van der Waals surface area contributed by atoms with Gasteiger partial charge in [-0.25, -0.2) is 4.79 Å². The minimum absolute atomic E-state index is 0.133. The lowest BCUT2D eigenvalue weighted by Gasteiger charge is -2.35. The Morgan fingerprint density at radius 2 is 1.85 bits per heavy atom. The molecule has 0 aliphatic heterocycles. The first-order valence-corrected chi connectivity index (χ1v) is 8.51. The van der Waals surface area contributed by atoms with E-state index in [0.717, 1.165) is 37.5 Å². The molecule has 2 atom stereocenters. The van der Waals surface area contributed by atoms with Crippen LogP contribution in [0.2, 0.25) is 0 Å². The molecule has 1 N–H and O–H groups in total. The molecule has 2 rings (SSSR count). The van der Waals surface area contributed by atoms with Gasteiger partial charge in [0.25, 0.3) is 11.4 Å². The van der Waals surface area contributed by atoms with Crippen molar-refractivity contribution >= 4 is 17.3 Å². The number of nitrogens with one attached hydrogen (secondary N) is 1. The second kappa shape index (κ2) is 7.36. The molecule has 26 heavy (non-hydrogen) atoms. The summed E-state index contributed by atoms with van der Waals surface area (Å²) in [7, 11) is 4.12. The molecule has 0 radical (unpaired) electrons. The van der Waals surface area contributed by atoms with Crippen molar-refractivity contribution in [2.24, 2.45) is 5.92 Å². The van der Waals surface area contributed by atoms with Gasteiger partial charge < -0.3 is 9.64 Å². The van der Waals surface area contributed by atoms with Crippen LogP contribution in [-0.4, -0.2) is 41.6 Å². The van der Waals surface area contributed by atoms with E-state index >= 15 is 0 Å². The van der Waals surface area contributed by atoms with Crippen LogP contribution in [-0.2, 0) is 4.74 Å². The van der Waals surface area contributed by atoms with Crippen molar-refractivity contribution < 1.29 is 24.3 Å². The zero-order chi connectivity index (χ0) is 19.6. The summed E-state index contributed by atoms with van der Waals surface area (Å²) in [5, 5.41) is 22.1. The molecule has 9 heteroatoms. The number of quaternary nitrogens is 1. The molecule has 0 unspecified atom stereocenters. The second-order valence-corrected chi connectivity index (χ2v) is 7.43. The lowest BCUT2D eigenvalue weighted by Crippen LogP contribution is -3.11. The molecular weight excluding hydrogens is 342 g/mol. The number of benzene rings is 1. The fraction of sp³-hybridized carbons (Fsp3) is 0.588. The third-order valence-corrected chi connectivity index (χ3v) is 5.11. The quantitative estimate of drug-likeness (QED) is 0.466. The summed E-state index contributed by atoms with van der Waals surface area (Å²) in [6.07, 6.45) is 2.99. The number of hydrogen-bond acceptors (Lipinski definition) is 6. The minimum Gasteiger partial charge on any atom is -0.455 e. The van der Waals surface area contributed by atoms with Gasteiger partial charge in [0.2, 0.25) is 0 Å². The van der Waals surface area contributed by atoms with Gasteiger partial charge in [-0.3, -0.25) is 20.2 Å². The topological polar surface area (TPSA) is 117 Å². The van der Waals surface area contributed by atoms with Gasteiger partial charge in [-0.2, -0.15) is 0 Å². The normalized spacial score (nSPS) is 20.2. The van der Waals surface area contributed by atoms with Crippen LogP contribution in [0.5, 0.6) is 0 Å². The van der Waals surface area contributed by atoms with Gasteiger partial charge in [-0.15, -0.1) is 0 Å². The number of nitro groups is 2. The minimum atomic E-state index is -0.837. The predicted molar refractivity (Wildman–Crippen MR) is 93.2 cm³/mol. The predicted octanol–water partition coefficient (Wildman–Crippen LogP) is 1.75. The van der Waals surface area contributed by atoms with E-state index in [-0.39, 0.29) is 11.5 Å². The first-order chi connectivity index (χ1) is 12.0. The Labute approximate surface area is 151 Å². The third kappa shape index (κ3) is 3.98. The summed E-state index contributed by atoms with van der Waals surface area (Å²) in [5.74, 6) is -0.704. The molecule has 0 bridgehead atoms. The highest BCUT2D eigenvalue weighted by Crippen LogP contribution is 2.36. The third-order valence-electron chi connectivity index (χ3n) is 5.11. The van der Waals surface area contributed by atoms with Crippen LogP contribution in [0, 0.1) is 26.1 Å². The van der Waals surface area contributed by atoms with Gasteiger partial charge in [-0.05, 0) is 39.2 Å². The molecule has 1 aromatic rings. The molecule has 1 aliphatic carbocycles. The molecule has 9 nitrogen and oxygen atoms in total. The molecule has 1 saturated carbocycles. The largest absolute Gasteiger partial charge is 0.455 e. The molecule has 1 aromatic carbocycles. The maximum absolute atomic E-state index is 12.6. The van der Waals surface area contributed by atoms with Crippen molar-refractivity contribution in [3.63, 3.8) is 0 Å². The number of rotatable bonds is 6. The average Bonchev–Trinajstić information content (AvgIpc) is 3.04. The standard InChI is InChI=1S/C17H23N3O6/c1-17(2,13-6-5-7-14(13)18(3)4)26-16(21)12-9-8-11(19(22)23)10-15(12)20(24)25/h8-10,13-14H,5-7H2,1-4H3/p+1/t13-,14-/m1/s1. The summed E-state index contributed by atoms with van der Waals surface area (Å²) in [6.45, 7) is 3.63. The van der Waals surface area contributed by atoms with E-state index in [1.54, 1.807) is 0 Å². The molecule has 0 amide bonds. The van der Waals surface area contributed by atoms with Crippen LogP contribution in [0.4, 0.5) is 11.4 Å². The summed E-state index contributed by atoms with van der Waals surface area (Å²) < 4.78 is 5.65. The zero-order valence-electron chi connectivity index (χ0n) is 15.4. The number of non-ortho nitro benzene ring substituents is 1. The summed E-state index contributed by atoms with van der Waals surface area (Å²) >= 11 is 0. The SMILES string of the molecule is C[NH+](C)[C@@H]1CCC[C@H]1C(C)(C)OC(=O)c1ccc([N+](=O)[O-])cc1[N+](=O)[O-]. The number of ether oxygens (including phenoxy) is 1. The van der Waals surface area contributed by atoms with E-state index in [9.17, 15) is 25.0 Å². The van der Waals surface area contributed by atoms with Crippen molar-refractivity contribution in [1.82, 2.24) is 0 Å². The van der Waals surface area contributed by atoms with Gasteiger partial charge in [0.1, 0.15) is 11.2 Å². The van der Waals surface area contributed by atoms with Crippen LogP contribution >= 0.6 is 0 Å². The number of esters is 1. The maximum atomic E-state index is 12.6. The Balaban J connectivity index is 2.29. The molecule has 1 fully saturated rings. The van der Waals surface area contributed by atoms with E-state index in [1.165, 1.54) is 4.90 Å². The van der Waals surface area contributed by atoms with Crippen LogP contribution < -0.4 is 4.90 Å². The van der Waals surface area contributed by atoms with Crippen LogP contribution in [0.1, 0.15) is 43.5 Å². The molecule has 142 valence electrons. The fourth-order valence-corrected chi connectivity index (χ4v) is 3.81. The highest BCUT2D eigenvalue weighted by molar-refractivity contribution is 5.94. The highest BCUT2D eigenvalue weighted by atomic mass is 16.6. The first kappa shape index (κ1) is 19.8. The van der Waals surface area contributed by atoms with Gasteiger partial charge >= 0.3 is 5.97 Å². The van der Waals surface area contributed by atoms with Crippen LogP contribution in [0.3, 0.4) is 0 Å². The number of nitro benzene ring substituents is 2. The van der Waals surface area contributed by atoms with E-state index in [1.807, 2.05) is 13.8 Å². The molecule has 0 saturated heterocycles. The van der Waals surface area contributed by atoms with Gasteiger partial charge in [0, 0.05) is 6.07 Å². The monoisotopic (exact) mass is 366 g/mol. The first-order valence-electron chi connectivity index (χ1n) is 8.51. The lowest BCUT2D eigenvalue weighted by atomic mass is 9.85. The van der Waals surface area contributed by atoms with E-state index < -0.39 is 32.8 Å². The Hall–Kier alpha value is -2.55. The Bertz CT molecular complexity index is 731. The summed E-state index contributed by atoms with van der Waals surface area (Å²) in [6, 6.07) is 3.27. The van der Waals surface area contributed by atoms with Crippen LogP contribution in [0.15, 0.2) is 18.2 Å². The Morgan fingerprint density at radius 3 is 2.38 bits per heavy atom. The van der Waals surface area contributed by atoms with E-state index in [0.29, 0.717) is 6.04 Å². The number of carbonyl (C=O) groups is 1. The fourth-order valence-electron chi connectivity index (χ4n) is 3.81. The van der Waals surface area contributed by atoms with Crippen molar-refractivity contribution in [3.05, 3.63) is 44.0 Å². The lowest BCUT2D eigenvalue weighted by molar-refractivity contribution is -0.889. The van der Waals surface area contributed by atoms with E-state index in [2.05, 4.69) is 14.1 Å². The van der Waals surface area contributed by atoms with Crippen molar-refractivity contribution in [2.45, 2.75) is 44.8 Å². The van der Waals surface area contributed by atoms with Gasteiger partial charge in [0.05, 0.1) is 42.0 Å². The highest BCUT2D eigenvalue weighted by Gasteiger charge is 2.45. The molecule has 0 spiro atoms. The van der Waals surface area contributed by atoms with Crippen molar-refractivity contribution in [3.8, 4) is 0 Å². The molecule has 0 aromatic heterocycles. The number of hydrogen-bond donors (Lipinski definition) is 1. The van der Waals surface area contributed by atoms with Crippen LogP contribution in [0.25, 0.3) is 0 Å². The molecule has 0 heterocycles. The van der Waals surface area contributed by atoms with Crippen molar-refractivity contribution in [1.29, 1.82) is 0 Å². The number of nitrogens with zero attached hydrogens (tertiary/aromatic N) is 2. The maximum Gasteiger partial charge on any atom is 0.345 e. The second-order valence-electron chi connectivity index (χ2n) is 7.43. The molecular formula is C17H24N3O6+. The number of carbonyl (C=O) groups excluding carboxylic acids is 1. The van der Waals surface area contributed by atoms with Gasteiger partial charge in [0.15, 0.2) is 0 Å². The van der Waals surface area contributed by atoms with E-state index in [4.69, 9.17) is 4.74 Å². The Kier molecular flexibility index (Phi) is 5.60. The van der Waals surface area contributed by atoms with Crippen molar-refractivity contribution in [2.75, 3.05) is 14.1 Å². The summed E-state index contributed by atoms with van der Waals surface area (Å²) in [5.41, 5.74) is -2.15. The summed E-state index contributed by atoms with van der Waals surface area (Å²) in [4.78, 5) is 34.4. The average molecular weight is 366 g/mol. The molecule has 1 aliphatic rings.